The molecule has 0 N–H and O–H groups in total. The van der Waals surface area contributed by atoms with Gasteiger partial charge in [-0.15, -0.1) is 11.3 Å². The van der Waals surface area contributed by atoms with Crippen LogP contribution in [0.15, 0.2) is 35.7 Å². The number of ether oxygens (including phenoxy) is 1. The molecule has 29 heavy (non-hydrogen) atoms. The van der Waals surface area contributed by atoms with Crippen molar-refractivity contribution in [3.63, 3.8) is 0 Å². The van der Waals surface area contributed by atoms with Gasteiger partial charge in [-0.1, -0.05) is 30.3 Å². The number of carbonyl (C=O) groups excluding carboxylic acids is 1. The molecule has 1 amide bonds. The summed E-state index contributed by atoms with van der Waals surface area (Å²) in [7, 11) is 0. The number of piperazine rings is 1. The Kier molecular flexibility index (Phi) is 7.63. The third-order valence-corrected chi connectivity index (χ3v) is 5.51. The van der Waals surface area contributed by atoms with E-state index in [4.69, 9.17) is 0 Å². The van der Waals surface area contributed by atoms with Crippen molar-refractivity contribution in [1.82, 2.24) is 14.8 Å². The lowest BCUT2D eigenvalue weighted by atomic mass is 10.2. The predicted molar refractivity (Wildman–Crippen MR) is 105 cm³/mol. The second-order valence-corrected chi connectivity index (χ2v) is 7.89. The van der Waals surface area contributed by atoms with Crippen LogP contribution in [0.25, 0.3) is 0 Å². The lowest BCUT2D eigenvalue weighted by molar-refractivity contribution is -0.174. The maximum Gasteiger partial charge on any atom is 0.411 e. The molecule has 1 fully saturated rings. The number of thiazole rings is 1. The number of nitrogens with zero attached hydrogens (tertiary/aromatic N) is 3. The van der Waals surface area contributed by atoms with E-state index in [9.17, 15) is 18.0 Å². The Balaban J connectivity index is 1.39. The van der Waals surface area contributed by atoms with Crippen LogP contribution < -0.4 is 0 Å². The summed E-state index contributed by atoms with van der Waals surface area (Å²) in [6, 6.07) is 10.0. The van der Waals surface area contributed by atoms with Crippen LogP contribution >= 0.6 is 11.3 Å². The minimum absolute atomic E-state index is 0.0614. The molecular formula is C20H24F3N3O2S. The Morgan fingerprint density at radius 1 is 1.14 bits per heavy atom. The molecule has 1 saturated heterocycles. The number of carbonyl (C=O) groups is 1. The number of alkyl halides is 3. The van der Waals surface area contributed by atoms with Gasteiger partial charge in [0.25, 0.3) is 5.91 Å². The number of benzene rings is 1. The molecule has 3 rings (SSSR count). The minimum atomic E-state index is -4.28. The van der Waals surface area contributed by atoms with Crippen LogP contribution in [-0.4, -0.2) is 72.8 Å². The van der Waals surface area contributed by atoms with Crippen molar-refractivity contribution in [2.45, 2.75) is 19.0 Å². The summed E-state index contributed by atoms with van der Waals surface area (Å²) in [6.45, 7) is 2.13. The van der Waals surface area contributed by atoms with E-state index in [1.165, 1.54) is 11.3 Å². The minimum Gasteiger partial charge on any atom is -0.372 e. The molecular weight excluding hydrogens is 403 g/mol. The highest BCUT2D eigenvalue weighted by Gasteiger charge is 2.27. The van der Waals surface area contributed by atoms with E-state index in [-0.39, 0.29) is 12.5 Å². The number of hydrogen-bond acceptors (Lipinski definition) is 5. The van der Waals surface area contributed by atoms with Crippen LogP contribution in [0.4, 0.5) is 13.2 Å². The molecule has 2 aromatic rings. The molecule has 0 atom stereocenters. The van der Waals surface area contributed by atoms with Gasteiger partial charge in [-0.2, -0.15) is 13.2 Å². The summed E-state index contributed by atoms with van der Waals surface area (Å²) in [5, 5.41) is 2.72. The maximum absolute atomic E-state index is 12.7. The van der Waals surface area contributed by atoms with Crippen LogP contribution in [0, 0.1) is 0 Å². The second-order valence-electron chi connectivity index (χ2n) is 6.94. The zero-order chi connectivity index (χ0) is 20.7. The Morgan fingerprint density at radius 3 is 2.55 bits per heavy atom. The quantitative estimate of drug-likeness (QED) is 0.606. The molecule has 0 saturated carbocycles. The Hall–Kier alpha value is -1.97. The van der Waals surface area contributed by atoms with Crippen molar-refractivity contribution in [2.24, 2.45) is 0 Å². The van der Waals surface area contributed by atoms with Gasteiger partial charge in [-0.05, 0) is 12.0 Å². The van der Waals surface area contributed by atoms with Crippen LogP contribution in [0.3, 0.4) is 0 Å². The van der Waals surface area contributed by atoms with E-state index in [0.29, 0.717) is 51.3 Å². The Bertz CT molecular complexity index is 775. The molecule has 1 aromatic carbocycles. The molecule has 2 heterocycles. The first kappa shape index (κ1) is 21.7. The van der Waals surface area contributed by atoms with Crippen molar-refractivity contribution in [3.8, 4) is 0 Å². The van der Waals surface area contributed by atoms with E-state index in [2.05, 4.69) is 14.6 Å². The van der Waals surface area contributed by atoms with Crippen LogP contribution in [0.5, 0.6) is 0 Å². The van der Waals surface area contributed by atoms with Gasteiger partial charge >= 0.3 is 6.18 Å². The molecule has 1 aliphatic rings. The van der Waals surface area contributed by atoms with Crippen molar-refractivity contribution >= 4 is 17.2 Å². The van der Waals surface area contributed by atoms with Crippen molar-refractivity contribution < 1.29 is 22.7 Å². The highest BCUT2D eigenvalue weighted by Crippen LogP contribution is 2.17. The normalized spacial score (nSPS) is 15.6. The zero-order valence-corrected chi connectivity index (χ0v) is 16.8. The number of amides is 1. The molecule has 0 aliphatic carbocycles. The Morgan fingerprint density at radius 2 is 1.86 bits per heavy atom. The highest BCUT2D eigenvalue weighted by atomic mass is 32.1. The smallest absolute Gasteiger partial charge is 0.372 e. The first-order valence-corrected chi connectivity index (χ1v) is 10.4. The summed E-state index contributed by atoms with van der Waals surface area (Å²) in [5.41, 5.74) is 1.64. The molecule has 5 nitrogen and oxygen atoms in total. The summed E-state index contributed by atoms with van der Waals surface area (Å²) in [6.07, 6.45) is -3.02. The number of hydrogen-bond donors (Lipinski definition) is 0. The van der Waals surface area contributed by atoms with E-state index in [1.807, 2.05) is 35.7 Å². The predicted octanol–water partition coefficient (Wildman–Crippen LogP) is 3.46. The first-order valence-electron chi connectivity index (χ1n) is 9.55. The topological polar surface area (TPSA) is 45.7 Å². The third kappa shape index (κ3) is 7.09. The van der Waals surface area contributed by atoms with Crippen LogP contribution in [0.2, 0.25) is 0 Å². The fraction of sp³-hybridized carbons (Fsp3) is 0.500. The molecule has 158 valence electrons. The van der Waals surface area contributed by atoms with Gasteiger partial charge < -0.3 is 9.64 Å². The van der Waals surface area contributed by atoms with Gasteiger partial charge in [-0.25, -0.2) is 4.98 Å². The number of aromatic nitrogens is 1. The molecule has 0 bridgehead atoms. The van der Waals surface area contributed by atoms with Crippen molar-refractivity contribution in [1.29, 1.82) is 0 Å². The molecule has 0 spiro atoms. The second kappa shape index (κ2) is 10.2. The van der Waals surface area contributed by atoms with Crippen molar-refractivity contribution in [3.05, 3.63) is 52.0 Å². The lowest BCUT2D eigenvalue weighted by Gasteiger charge is -2.34. The summed E-state index contributed by atoms with van der Waals surface area (Å²) in [5.74, 6) is -0.0614. The van der Waals surface area contributed by atoms with Gasteiger partial charge in [0, 0.05) is 51.1 Å². The summed E-state index contributed by atoms with van der Waals surface area (Å²) >= 11 is 1.49. The molecule has 1 aliphatic heterocycles. The standard InChI is InChI=1S/C20H24F3N3O2S/c21-20(22,23)15-28-12-4-7-25-8-10-26(11-9-25)19(27)17-14-29-18(24-17)13-16-5-2-1-3-6-16/h1-3,5-6,14H,4,7-13,15H2. The molecule has 9 heteroatoms. The fourth-order valence-electron chi connectivity index (χ4n) is 3.18. The largest absolute Gasteiger partial charge is 0.411 e. The highest BCUT2D eigenvalue weighted by molar-refractivity contribution is 7.09. The summed E-state index contributed by atoms with van der Waals surface area (Å²) in [4.78, 5) is 21.1. The average Bonchev–Trinajstić information content (AvgIpc) is 3.16. The average molecular weight is 427 g/mol. The van der Waals surface area contributed by atoms with Gasteiger partial charge in [0.15, 0.2) is 0 Å². The first-order chi connectivity index (χ1) is 13.9. The number of rotatable bonds is 8. The zero-order valence-electron chi connectivity index (χ0n) is 16.0. The third-order valence-electron chi connectivity index (χ3n) is 4.66. The van der Waals surface area contributed by atoms with Crippen LogP contribution in [0.1, 0.15) is 27.5 Å². The summed E-state index contributed by atoms with van der Waals surface area (Å²) < 4.78 is 40.7. The number of halogens is 3. The molecule has 1 aromatic heterocycles. The maximum atomic E-state index is 12.7. The lowest BCUT2D eigenvalue weighted by Crippen LogP contribution is -2.49. The van der Waals surface area contributed by atoms with Gasteiger partial charge in [-0.3, -0.25) is 9.69 Å². The van der Waals surface area contributed by atoms with E-state index in [0.717, 1.165) is 10.6 Å². The Labute approximate surface area is 172 Å². The fourth-order valence-corrected chi connectivity index (χ4v) is 3.98. The van der Waals surface area contributed by atoms with E-state index in [1.54, 1.807) is 4.90 Å². The van der Waals surface area contributed by atoms with E-state index >= 15 is 0 Å². The molecule has 0 unspecified atom stereocenters. The van der Waals surface area contributed by atoms with Gasteiger partial charge in [0.05, 0.1) is 5.01 Å². The van der Waals surface area contributed by atoms with E-state index < -0.39 is 12.8 Å². The SMILES string of the molecule is O=C(c1csc(Cc2ccccc2)n1)N1CCN(CCCOCC(F)(F)F)CC1. The molecule has 0 radical (unpaired) electrons. The monoisotopic (exact) mass is 427 g/mol. The van der Waals surface area contributed by atoms with Gasteiger partial charge in [0.1, 0.15) is 12.3 Å². The van der Waals surface area contributed by atoms with Crippen molar-refractivity contribution in [2.75, 3.05) is 45.9 Å². The van der Waals surface area contributed by atoms with Gasteiger partial charge in [0.2, 0.25) is 0 Å². The van der Waals surface area contributed by atoms with Crippen LogP contribution in [-0.2, 0) is 11.2 Å².